The lowest BCUT2D eigenvalue weighted by Crippen LogP contribution is -2.19. The molecular weight excluding hydrogens is 372 g/mol. The summed E-state index contributed by atoms with van der Waals surface area (Å²) in [5.74, 6) is 1.04. The highest BCUT2D eigenvalue weighted by Crippen LogP contribution is 2.48. The van der Waals surface area contributed by atoms with Crippen molar-refractivity contribution in [3.8, 4) is 16.9 Å². The van der Waals surface area contributed by atoms with Crippen molar-refractivity contribution in [2.75, 3.05) is 6.61 Å². The minimum Gasteiger partial charge on any atom is -0.492 e. The fourth-order valence-electron chi connectivity index (χ4n) is 4.25. The first-order valence-electron chi connectivity index (χ1n) is 9.54. The Bertz CT molecular complexity index is 825. The molecule has 0 spiro atoms. The van der Waals surface area contributed by atoms with Crippen LogP contribution in [0, 0.1) is 0 Å². The van der Waals surface area contributed by atoms with E-state index in [-0.39, 0.29) is 5.41 Å². The van der Waals surface area contributed by atoms with Gasteiger partial charge < -0.3 is 4.74 Å². The Balaban J connectivity index is 1.90. The zero-order valence-corrected chi connectivity index (χ0v) is 17.3. The molecular formula is C23H27BrO. The highest BCUT2D eigenvalue weighted by Gasteiger charge is 2.30. The summed E-state index contributed by atoms with van der Waals surface area (Å²) in [7, 11) is 0. The zero-order valence-electron chi connectivity index (χ0n) is 15.8. The first kappa shape index (κ1) is 17.1. The van der Waals surface area contributed by atoms with Crippen LogP contribution in [0.1, 0.15) is 61.9 Å². The lowest BCUT2D eigenvalue weighted by molar-refractivity contribution is 0.315. The standard InChI is InChI=1S/C23H27BrO/c1-5-10-25-19-13-16-7-6-14-11-17(23(2,3)4)12-15-8-9-18(22(19)24)21(16)20(14)15/h11-13H,5-10H2,1-4H3. The van der Waals surface area contributed by atoms with Crippen LogP contribution in [0.3, 0.4) is 0 Å². The maximum absolute atomic E-state index is 6.02. The molecule has 0 heterocycles. The summed E-state index contributed by atoms with van der Waals surface area (Å²) in [6.07, 6.45) is 5.55. The van der Waals surface area contributed by atoms with E-state index in [1.54, 1.807) is 11.1 Å². The van der Waals surface area contributed by atoms with Gasteiger partial charge in [-0.3, -0.25) is 0 Å². The van der Waals surface area contributed by atoms with Crippen LogP contribution in [0.25, 0.3) is 11.1 Å². The molecule has 0 atom stereocenters. The monoisotopic (exact) mass is 398 g/mol. The summed E-state index contributed by atoms with van der Waals surface area (Å²) >= 11 is 3.85. The molecule has 0 saturated heterocycles. The van der Waals surface area contributed by atoms with Crippen LogP contribution in [-0.4, -0.2) is 6.61 Å². The fourth-order valence-corrected chi connectivity index (χ4v) is 4.88. The molecule has 0 bridgehead atoms. The topological polar surface area (TPSA) is 9.23 Å². The third-order valence-electron chi connectivity index (χ3n) is 5.60. The van der Waals surface area contributed by atoms with Gasteiger partial charge in [-0.25, -0.2) is 0 Å². The van der Waals surface area contributed by atoms with Crippen molar-refractivity contribution in [3.05, 3.63) is 50.5 Å². The lowest BCUT2D eigenvalue weighted by atomic mass is 9.72. The van der Waals surface area contributed by atoms with Crippen LogP contribution in [0.15, 0.2) is 22.7 Å². The molecule has 25 heavy (non-hydrogen) atoms. The van der Waals surface area contributed by atoms with E-state index in [9.17, 15) is 0 Å². The van der Waals surface area contributed by atoms with Crippen molar-refractivity contribution in [3.63, 3.8) is 0 Å². The van der Waals surface area contributed by atoms with E-state index in [2.05, 4.69) is 61.8 Å². The number of halogens is 1. The number of ether oxygens (including phenoxy) is 1. The molecule has 1 nitrogen and oxygen atoms in total. The van der Waals surface area contributed by atoms with Crippen molar-refractivity contribution < 1.29 is 4.74 Å². The Morgan fingerprint density at radius 1 is 0.920 bits per heavy atom. The smallest absolute Gasteiger partial charge is 0.134 e. The number of aryl methyl sites for hydroxylation is 3. The van der Waals surface area contributed by atoms with E-state index in [0.717, 1.165) is 44.5 Å². The van der Waals surface area contributed by atoms with E-state index in [0.29, 0.717) is 0 Å². The average Bonchev–Trinajstić information content (AvgIpc) is 2.58. The molecule has 4 rings (SSSR count). The number of hydrogen-bond donors (Lipinski definition) is 0. The minimum atomic E-state index is 0.213. The first-order chi connectivity index (χ1) is 11.9. The van der Waals surface area contributed by atoms with Crippen LogP contribution >= 0.6 is 15.9 Å². The van der Waals surface area contributed by atoms with Crippen LogP contribution in [0.4, 0.5) is 0 Å². The van der Waals surface area contributed by atoms with Gasteiger partial charge >= 0.3 is 0 Å². The molecule has 0 amide bonds. The maximum atomic E-state index is 6.02. The second-order valence-electron chi connectivity index (χ2n) is 8.47. The summed E-state index contributed by atoms with van der Waals surface area (Å²) in [5, 5.41) is 0. The van der Waals surface area contributed by atoms with E-state index in [4.69, 9.17) is 4.74 Å². The van der Waals surface area contributed by atoms with Gasteiger partial charge in [-0.15, -0.1) is 0 Å². The molecule has 132 valence electrons. The molecule has 0 fully saturated rings. The second-order valence-corrected chi connectivity index (χ2v) is 9.26. The Hall–Kier alpha value is -1.28. The van der Waals surface area contributed by atoms with Gasteiger partial charge in [-0.2, -0.15) is 0 Å². The van der Waals surface area contributed by atoms with Gasteiger partial charge in [0.2, 0.25) is 0 Å². The Morgan fingerprint density at radius 3 is 2.12 bits per heavy atom. The average molecular weight is 399 g/mol. The molecule has 0 N–H and O–H groups in total. The summed E-state index contributed by atoms with van der Waals surface area (Å²) in [6.45, 7) is 9.90. The highest BCUT2D eigenvalue weighted by atomic mass is 79.9. The predicted octanol–water partition coefficient (Wildman–Crippen LogP) is 6.40. The van der Waals surface area contributed by atoms with Crippen LogP contribution in [0.2, 0.25) is 0 Å². The van der Waals surface area contributed by atoms with E-state index in [1.807, 2.05) is 0 Å². The molecule has 2 aromatic carbocycles. The van der Waals surface area contributed by atoms with Crippen molar-refractivity contribution in [2.45, 2.75) is 65.2 Å². The molecule has 0 aliphatic heterocycles. The normalized spacial score (nSPS) is 15.1. The van der Waals surface area contributed by atoms with Crippen molar-refractivity contribution in [1.29, 1.82) is 0 Å². The summed E-state index contributed by atoms with van der Waals surface area (Å²) < 4.78 is 7.20. The summed E-state index contributed by atoms with van der Waals surface area (Å²) in [6, 6.07) is 7.22. The van der Waals surface area contributed by atoms with E-state index >= 15 is 0 Å². The third kappa shape index (κ3) is 2.83. The number of hydrogen-bond acceptors (Lipinski definition) is 1. The molecule has 0 aromatic heterocycles. The predicted molar refractivity (Wildman–Crippen MR) is 109 cm³/mol. The molecule has 0 radical (unpaired) electrons. The molecule has 2 aliphatic rings. The van der Waals surface area contributed by atoms with Gasteiger partial charge in [-0.05, 0) is 98.5 Å². The summed E-state index contributed by atoms with van der Waals surface area (Å²) in [5.41, 5.74) is 10.7. The molecule has 0 unspecified atom stereocenters. The van der Waals surface area contributed by atoms with Gasteiger partial charge in [0.15, 0.2) is 0 Å². The van der Waals surface area contributed by atoms with Gasteiger partial charge in [0, 0.05) is 0 Å². The minimum absolute atomic E-state index is 0.213. The molecule has 2 aliphatic carbocycles. The molecule has 2 heteroatoms. The Kier molecular flexibility index (Phi) is 4.22. The maximum Gasteiger partial charge on any atom is 0.134 e. The van der Waals surface area contributed by atoms with Crippen LogP contribution < -0.4 is 4.74 Å². The fraction of sp³-hybridized carbons (Fsp3) is 0.478. The first-order valence-corrected chi connectivity index (χ1v) is 10.3. The second kappa shape index (κ2) is 6.16. The SMILES string of the molecule is CCCOc1cc2c3c(c1Br)CCc1cc(C(C)(C)C)cc(c1-3)CC2. The van der Waals surface area contributed by atoms with E-state index < -0.39 is 0 Å². The van der Waals surface area contributed by atoms with Gasteiger partial charge in [0.1, 0.15) is 5.75 Å². The largest absolute Gasteiger partial charge is 0.492 e. The van der Waals surface area contributed by atoms with Gasteiger partial charge in [0.05, 0.1) is 11.1 Å². The van der Waals surface area contributed by atoms with Gasteiger partial charge in [-0.1, -0.05) is 39.8 Å². The lowest BCUT2D eigenvalue weighted by Gasteiger charge is -2.33. The van der Waals surface area contributed by atoms with Crippen LogP contribution in [0.5, 0.6) is 5.75 Å². The van der Waals surface area contributed by atoms with Crippen molar-refractivity contribution in [1.82, 2.24) is 0 Å². The van der Waals surface area contributed by atoms with Crippen molar-refractivity contribution >= 4 is 15.9 Å². The molecule has 0 saturated carbocycles. The van der Waals surface area contributed by atoms with Crippen LogP contribution in [-0.2, 0) is 31.1 Å². The van der Waals surface area contributed by atoms with E-state index in [1.165, 1.54) is 32.3 Å². The highest BCUT2D eigenvalue weighted by molar-refractivity contribution is 9.10. The molecule has 2 aromatic rings. The zero-order chi connectivity index (χ0) is 17.8. The third-order valence-corrected chi connectivity index (χ3v) is 6.47. The number of benzene rings is 2. The Morgan fingerprint density at radius 2 is 1.52 bits per heavy atom. The van der Waals surface area contributed by atoms with Crippen molar-refractivity contribution in [2.24, 2.45) is 0 Å². The Labute approximate surface area is 159 Å². The van der Waals surface area contributed by atoms with Gasteiger partial charge in [0.25, 0.3) is 0 Å². The number of rotatable bonds is 3. The quantitative estimate of drug-likeness (QED) is 0.580. The summed E-state index contributed by atoms with van der Waals surface area (Å²) in [4.78, 5) is 0.